The largest absolute Gasteiger partial charge is 0.504 e. The van der Waals surface area contributed by atoms with Crippen LogP contribution in [0.15, 0.2) is 12.1 Å². The number of aromatic carboxylic acids is 1. The summed E-state index contributed by atoms with van der Waals surface area (Å²) in [6.45, 7) is 4.00. The molecule has 5 heteroatoms. The molecule has 5 nitrogen and oxygen atoms in total. The molecule has 0 saturated heterocycles. The van der Waals surface area contributed by atoms with Crippen LogP contribution in [-0.4, -0.2) is 26.4 Å². The normalized spacial score (nSPS) is 8.71. The van der Waals surface area contributed by atoms with Crippen LogP contribution in [0.1, 0.15) is 24.2 Å². The molecule has 14 heavy (non-hydrogen) atoms. The molecule has 0 aliphatic rings. The molecule has 0 atom stereocenters. The van der Waals surface area contributed by atoms with Gasteiger partial charge in [0.25, 0.3) is 0 Å². The van der Waals surface area contributed by atoms with Gasteiger partial charge in [0.2, 0.25) is 0 Å². The Hall–Kier alpha value is -1.91. The van der Waals surface area contributed by atoms with E-state index < -0.39 is 23.2 Å². The average Bonchev–Trinajstić information content (AvgIpc) is 2.16. The third-order valence-corrected chi connectivity index (χ3v) is 1.32. The lowest BCUT2D eigenvalue weighted by Crippen LogP contribution is -1.95. The van der Waals surface area contributed by atoms with Gasteiger partial charge < -0.3 is 20.4 Å². The van der Waals surface area contributed by atoms with Crippen molar-refractivity contribution in [1.82, 2.24) is 0 Å². The summed E-state index contributed by atoms with van der Waals surface area (Å²) in [7, 11) is 0. The van der Waals surface area contributed by atoms with Crippen LogP contribution < -0.4 is 0 Å². The lowest BCUT2D eigenvalue weighted by Gasteiger charge is -2.01. The fraction of sp³-hybridized carbons (Fsp3) is 0.222. The van der Waals surface area contributed by atoms with Gasteiger partial charge in [-0.1, -0.05) is 13.8 Å². The molecule has 0 fully saturated rings. The minimum absolute atomic E-state index is 0.289. The van der Waals surface area contributed by atoms with E-state index in [1.54, 1.807) is 0 Å². The summed E-state index contributed by atoms with van der Waals surface area (Å²) in [6, 6.07) is 1.69. The highest BCUT2D eigenvalue weighted by Gasteiger charge is 2.11. The van der Waals surface area contributed by atoms with Gasteiger partial charge in [-0.05, 0) is 12.1 Å². The van der Waals surface area contributed by atoms with Gasteiger partial charge in [0, 0.05) is 0 Å². The first-order valence-electron chi connectivity index (χ1n) is 4.00. The Morgan fingerprint density at radius 3 is 1.71 bits per heavy atom. The number of carbonyl (C=O) groups is 1. The predicted molar refractivity (Wildman–Crippen MR) is 49.7 cm³/mol. The average molecular weight is 200 g/mol. The second kappa shape index (κ2) is 4.96. The molecule has 0 unspecified atom stereocenters. The number of carboxylic acid groups (broad SMARTS) is 1. The Labute approximate surface area is 80.9 Å². The second-order valence-corrected chi connectivity index (χ2v) is 2.17. The minimum Gasteiger partial charge on any atom is -0.504 e. The molecule has 0 saturated carbocycles. The summed E-state index contributed by atoms with van der Waals surface area (Å²) in [5, 5.41) is 35.0. The second-order valence-electron chi connectivity index (χ2n) is 2.17. The van der Waals surface area contributed by atoms with Crippen LogP contribution in [0, 0.1) is 0 Å². The Kier molecular flexibility index (Phi) is 4.28. The number of rotatable bonds is 1. The summed E-state index contributed by atoms with van der Waals surface area (Å²) < 4.78 is 0. The van der Waals surface area contributed by atoms with E-state index in [-0.39, 0.29) is 5.56 Å². The van der Waals surface area contributed by atoms with Crippen molar-refractivity contribution in [2.75, 3.05) is 0 Å². The van der Waals surface area contributed by atoms with Crippen molar-refractivity contribution in [2.24, 2.45) is 0 Å². The van der Waals surface area contributed by atoms with Gasteiger partial charge in [0.15, 0.2) is 17.2 Å². The molecular weight excluding hydrogens is 188 g/mol. The van der Waals surface area contributed by atoms with E-state index in [0.717, 1.165) is 12.1 Å². The Morgan fingerprint density at radius 1 is 1.07 bits per heavy atom. The van der Waals surface area contributed by atoms with Gasteiger partial charge >= 0.3 is 5.97 Å². The molecule has 0 aliphatic heterocycles. The fourth-order valence-corrected chi connectivity index (χ4v) is 0.728. The topological polar surface area (TPSA) is 98.0 Å². The zero-order chi connectivity index (χ0) is 11.3. The van der Waals surface area contributed by atoms with Crippen LogP contribution in [0.5, 0.6) is 17.2 Å². The van der Waals surface area contributed by atoms with Crippen LogP contribution in [0.25, 0.3) is 0 Å². The summed E-state index contributed by atoms with van der Waals surface area (Å²) in [5.41, 5.74) is -0.289. The van der Waals surface area contributed by atoms with E-state index in [9.17, 15) is 4.79 Å². The third kappa shape index (κ3) is 2.55. The van der Waals surface area contributed by atoms with Gasteiger partial charge in [-0.2, -0.15) is 0 Å². The lowest BCUT2D eigenvalue weighted by atomic mass is 10.2. The standard InChI is InChI=1S/C7H6O5.C2H6/c8-4-1-3(7(11)12)2-5(9)6(4)10;1-2/h1-2,8-10H,(H,11,12);1-2H3. The van der Waals surface area contributed by atoms with E-state index in [4.69, 9.17) is 20.4 Å². The third-order valence-electron chi connectivity index (χ3n) is 1.32. The molecule has 0 aromatic heterocycles. The van der Waals surface area contributed by atoms with Crippen LogP contribution in [0.3, 0.4) is 0 Å². The van der Waals surface area contributed by atoms with Crippen LogP contribution >= 0.6 is 0 Å². The van der Waals surface area contributed by atoms with Gasteiger partial charge in [-0.25, -0.2) is 4.79 Å². The SMILES string of the molecule is CC.O=C(O)c1cc(O)c(O)c(O)c1. The highest BCUT2D eigenvalue weighted by Crippen LogP contribution is 2.35. The van der Waals surface area contributed by atoms with E-state index in [2.05, 4.69) is 0 Å². The van der Waals surface area contributed by atoms with E-state index >= 15 is 0 Å². The predicted octanol–water partition coefficient (Wildman–Crippen LogP) is 1.53. The highest BCUT2D eigenvalue weighted by molar-refractivity contribution is 5.89. The number of aromatic hydroxyl groups is 3. The monoisotopic (exact) mass is 200 g/mol. The molecule has 0 amide bonds. The summed E-state index contributed by atoms with van der Waals surface area (Å²) in [6.07, 6.45) is 0. The number of phenolic OH excluding ortho intramolecular Hbond substituents is 3. The van der Waals surface area contributed by atoms with Crippen LogP contribution in [0.4, 0.5) is 0 Å². The first kappa shape index (κ1) is 12.1. The first-order chi connectivity index (χ1) is 6.52. The summed E-state index contributed by atoms with van der Waals surface area (Å²) in [5.74, 6) is -3.33. The van der Waals surface area contributed by atoms with Crippen molar-refractivity contribution in [3.8, 4) is 17.2 Å². The molecular formula is C9H12O5. The molecule has 1 aromatic carbocycles. The van der Waals surface area contributed by atoms with E-state index in [0.29, 0.717) is 0 Å². The molecule has 78 valence electrons. The summed E-state index contributed by atoms with van der Waals surface area (Å²) >= 11 is 0. The van der Waals surface area contributed by atoms with Crippen molar-refractivity contribution < 1.29 is 25.2 Å². The van der Waals surface area contributed by atoms with Crippen molar-refractivity contribution in [3.05, 3.63) is 17.7 Å². The molecule has 0 bridgehead atoms. The highest BCUT2D eigenvalue weighted by atomic mass is 16.4. The lowest BCUT2D eigenvalue weighted by molar-refractivity contribution is 0.0696. The minimum atomic E-state index is -1.29. The smallest absolute Gasteiger partial charge is 0.335 e. The van der Waals surface area contributed by atoms with Crippen LogP contribution in [-0.2, 0) is 0 Å². The molecule has 0 radical (unpaired) electrons. The molecule has 1 aromatic rings. The van der Waals surface area contributed by atoms with E-state index in [1.807, 2.05) is 13.8 Å². The number of benzene rings is 1. The van der Waals surface area contributed by atoms with Crippen molar-refractivity contribution in [3.63, 3.8) is 0 Å². The number of phenols is 3. The summed E-state index contributed by atoms with van der Waals surface area (Å²) in [4.78, 5) is 10.3. The van der Waals surface area contributed by atoms with Crippen molar-refractivity contribution in [1.29, 1.82) is 0 Å². The number of hydrogen-bond acceptors (Lipinski definition) is 4. The molecule has 1 rings (SSSR count). The van der Waals surface area contributed by atoms with Crippen LogP contribution in [0.2, 0.25) is 0 Å². The molecule has 0 aliphatic carbocycles. The van der Waals surface area contributed by atoms with Gasteiger partial charge in [-0.3, -0.25) is 0 Å². The quantitative estimate of drug-likeness (QED) is 0.515. The zero-order valence-electron chi connectivity index (χ0n) is 7.85. The van der Waals surface area contributed by atoms with Crippen molar-refractivity contribution in [2.45, 2.75) is 13.8 Å². The van der Waals surface area contributed by atoms with Gasteiger partial charge in [-0.15, -0.1) is 0 Å². The maximum absolute atomic E-state index is 10.3. The van der Waals surface area contributed by atoms with Gasteiger partial charge in [0.1, 0.15) is 0 Å². The maximum atomic E-state index is 10.3. The maximum Gasteiger partial charge on any atom is 0.335 e. The Bertz CT molecular complexity index is 309. The zero-order valence-corrected chi connectivity index (χ0v) is 7.85. The molecule has 4 N–H and O–H groups in total. The molecule has 0 spiro atoms. The first-order valence-corrected chi connectivity index (χ1v) is 4.00. The van der Waals surface area contributed by atoms with Crippen molar-refractivity contribution >= 4 is 5.97 Å². The van der Waals surface area contributed by atoms with Gasteiger partial charge in [0.05, 0.1) is 5.56 Å². The fourth-order valence-electron chi connectivity index (χ4n) is 0.728. The Morgan fingerprint density at radius 2 is 1.43 bits per heavy atom. The van der Waals surface area contributed by atoms with E-state index in [1.165, 1.54) is 0 Å². The Balaban J connectivity index is 0.000000791. The number of hydrogen-bond donors (Lipinski definition) is 4. The molecule has 0 heterocycles. The number of carboxylic acids is 1.